The second kappa shape index (κ2) is 5.50. The van der Waals surface area contributed by atoms with Crippen molar-refractivity contribution in [1.82, 2.24) is 5.32 Å². The van der Waals surface area contributed by atoms with Gasteiger partial charge in [0.05, 0.1) is 0 Å². The van der Waals surface area contributed by atoms with E-state index in [1.165, 1.54) is 26.1 Å². The Balaban J connectivity index is 5.33. The molecule has 1 atom stereocenters. The number of alkyl carbamates (subject to hydrolysis) is 1. The lowest BCUT2D eigenvalue weighted by molar-refractivity contribution is -0.208. The zero-order chi connectivity index (χ0) is 15.5. The minimum absolute atomic E-state index is 0.763. The van der Waals surface area contributed by atoms with Crippen molar-refractivity contribution < 1.29 is 32.6 Å². The van der Waals surface area contributed by atoms with E-state index >= 15 is 0 Å². The van der Waals surface area contributed by atoms with E-state index in [0.717, 1.165) is 6.08 Å². The van der Waals surface area contributed by atoms with Crippen molar-refractivity contribution in [3.63, 3.8) is 0 Å². The van der Waals surface area contributed by atoms with E-state index in [1.54, 1.807) is 0 Å². The number of carbonyl (C=O) groups is 2. The quantitative estimate of drug-likeness (QED) is 0.777. The third-order valence-electron chi connectivity index (χ3n) is 2.01. The van der Waals surface area contributed by atoms with Crippen molar-refractivity contribution >= 4 is 12.1 Å². The van der Waals surface area contributed by atoms with Crippen LogP contribution in [-0.2, 0) is 9.53 Å². The normalized spacial score (nSPS) is 15.3. The summed E-state index contributed by atoms with van der Waals surface area (Å²) in [7, 11) is 0. The molecule has 0 aromatic rings. The topological polar surface area (TPSA) is 75.6 Å². The molecule has 0 aromatic heterocycles. The lowest BCUT2D eigenvalue weighted by Crippen LogP contribution is -2.64. The fourth-order valence-electron chi connectivity index (χ4n) is 1.19. The van der Waals surface area contributed by atoms with Gasteiger partial charge in [0.25, 0.3) is 0 Å². The van der Waals surface area contributed by atoms with E-state index in [2.05, 4.69) is 11.3 Å². The molecule has 5 nitrogen and oxygen atoms in total. The first kappa shape index (κ1) is 17.3. The molecule has 0 aromatic carbocycles. The van der Waals surface area contributed by atoms with Crippen LogP contribution in [0, 0.1) is 0 Å². The average Bonchev–Trinajstić information content (AvgIpc) is 2.11. The molecule has 0 aliphatic rings. The second-order valence-corrected chi connectivity index (χ2v) is 4.83. The zero-order valence-electron chi connectivity index (χ0n) is 10.8. The number of hydrogen-bond donors (Lipinski definition) is 2. The highest BCUT2D eigenvalue weighted by molar-refractivity contribution is 5.85. The molecule has 1 amide bonds. The smallest absolute Gasteiger partial charge is 0.422 e. The fourth-order valence-corrected chi connectivity index (χ4v) is 1.19. The summed E-state index contributed by atoms with van der Waals surface area (Å²) in [5, 5.41) is 10.2. The molecule has 110 valence electrons. The van der Waals surface area contributed by atoms with Crippen LogP contribution in [0.15, 0.2) is 12.7 Å². The molecule has 0 spiro atoms. The van der Waals surface area contributed by atoms with Crippen LogP contribution in [0.5, 0.6) is 0 Å². The van der Waals surface area contributed by atoms with Gasteiger partial charge in [-0.1, -0.05) is 6.08 Å². The Kier molecular flexibility index (Phi) is 5.00. The van der Waals surface area contributed by atoms with Crippen LogP contribution in [0.4, 0.5) is 18.0 Å². The van der Waals surface area contributed by atoms with Crippen LogP contribution in [0.2, 0.25) is 0 Å². The van der Waals surface area contributed by atoms with Gasteiger partial charge in [-0.15, -0.1) is 6.58 Å². The summed E-state index contributed by atoms with van der Waals surface area (Å²) in [6, 6.07) is 0. The van der Waals surface area contributed by atoms with E-state index in [-0.39, 0.29) is 0 Å². The molecule has 0 saturated heterocycles. The van der Waals surface area contributed by atoms with E-state index < -0.39 is 35.8 Å². The first-order valence-corrected chi connectivity index (χ1v) is 5.28. The Hall–Kier alpha value is -1.73. The first-order chi connectivity index (χ1) is 8.35. The van der Waals surface area contributed by atoms with Gasteiger partial charge in [-0.2, -0.15) is 13.2 Å². The SMILES string of the molecule is C=CC[C@](NC(=O)OC(C)(C)C)(C(=O)O)C(F)(F)F. The van der Waals surface area contributed by atoms with Gasteiger partial charge in [0.1, 0.15) is 5.60 Å². The van der Waals surface area contributed by atoms with Crippen LogP contribution < -0.4 is 5.32 Å². The summed E-state index contributed by atoms with van der Waals surface area (Å²) < 4.78 is 43.4. The summed E-state index contributed by atoms with van der Waals surface area (Å²) in [5.74, 6) is -2.23. The van der Waals surface area contributed by atoms with Crippen molar-refractivity contribution in [2.45, 2.75) is 44.5 Å². The molecule has 0 unspecified atom stereocenters. The van der Waals surface area contributed by atoms with Gasteiger partial charge in [0.2, 0.25) is 5.54 Å². The maximum Gasteiger partial charge on any atom is 0.422 e. The van der Waals surface area contributed by atoms with Crippen LogP contribution >= 0.6 is 0 Å². The minimum atomic E-state index is -5.19. The Morgan fingerprint density at radius 3 is 2.05 bits per heavy atom. The van der Waals surface area contributed by atoms with Gasteiger partial charge in [0.15, 0.2) is 0 Å². The lowest BCUT2D eigenvalue weighted by Gasteiger charge is -2.32. The fraction of sp³-hybridized carbons (Fsp3) is 0.636. The van der Waals surface area contributed by atoms with E-state index in [1.807, 2.05) is 0 Å². The van der Waals surface area contributed by atoms with Crippen molar-refractivity contribution in [3.8, 4) is 0 Å². The van der Waals surface area contributed by atoms with Gasteiger partial charge in [-0.3, -0.25) is 5.32 Å². The molecular weight excluding hydrogens is 267 g/mol. The van der Waals surface area contributed by atoms with Crippen LogP contribution in [0.25, 0.3) is 0 Å². The molecule has 0 rings (SSSR count). The monoisotopic (exact) mass is 283 g/mol. The number of amides is 1. The van der Waals surface area contributed by atoms with Crippen molar-refractivity contribution in [2.24, 2.45) is 0 Å². The Morgan fingerprint density at radius 1 is 1.32 bits per heavy atom. The van der Waals surface area contributed by atoms with Crippen LogP contribution in [0.1, 0.15) is 27.2 Å². The molecular formula is C11H16F3NO4. The number of carbonyl (C=O) groups excluding carboxylic acids is 1. The van der Waals surface area contributed by atoms with Crippen molar-refractivity contribution in [3.05, 3.63) is 12.7 Å². The van der Waals surface area contributed by atoms with Gasteiger partial charge >= 0.3 is 18.2 Å². The third-order valence-corrected chi connectivity index (χ3v) is 2.01. The summed E-state index contributed by atoms with van der Waals surface area (Å²) in [6.07, 6.45) is -6.90. The predicted molar refractivity (Wildman–Crippen MR) is 60.6 cm³/mol. The van der Waals surface area contributed by atoms with E-state index in [9.17, 15) is 22.8 Å². The number of carboxylic acid groups (broad SMARTS) is 1. The van der Waals surface area contributed by atoms with E-state index in [0.29, 0.717) is 0 Å². The summed E-state index contributed by atoms with van der Waals surface area (Å²) in [4.78, 5) is 22.3. The van der Waals surface area contributed by atoms with Gasteiger partial charge in [-0.05, 0) is 20.8 Å². The Bertz CT molecular complexity index is 373. The standard InChI is InChI=1S/C11H16F3NO4/c1-5-6-10(7(16)17,11(12,13)14)15-8(18)19-9(2,3)4/h5H,1,6H2,2-4H3,(H,15,18)(H,16,17)/t10-/m0/s1. The maximum absolute atomic E-state index is 12.9. The molecule has 2 N–H and O–H groups in total. The molecule has 0 fully saturated rings. The zero-order valence-corrected chi connectivity index (χ0v) is 10.8. The molecule has 0 bridgehead atoms. The highest BCUT2D eigenvalue weighted by atomic mass is 19.4. The van der Waals surface area contributed by atoms with Crippen LogP contribution in [0.3, 0.4) is 0 Å². The predicted octanol–water partition coefficient (Wildman–Crippen LogP) is 2.47. The minimum Gasteiger partial charge on any atom is -0.479 e. The number of alkyl halides is 3. The average molecular weight is 283 g/mol. The number of ether oxygens (including phenoxy) is 1. The number of hydrogen-bond acceptors (Lipinski definition) is 3. The summed E-state index contributed by atoms with van der Waals surface area (Å²) in [5.41, 5.74) is -4.49. The van der Waals surface area contributed by atoms with Gasteiger partial charge < -0.3 is 9.84 Å². The number of aliphatic carboxylic acids is 1. The molecule has 0 heterocycles. The molecule has 0 radical (unpaired) electrons. The molecule has 0 aliphatic heterocycles. The van der Waals surface area contributed by atoms with Crippen LogP contribution in [-0.4, -0.2) is 34.5 Å². The summed E-state index contributed by atoms with van der Waals surface area (Å²) in [6.45, 7) is 7.39. The highest BCUT2D eigenvalue weighted by Gasteiger charge is 2.61. The van der Waals surface area contributed by atoms with E-state index in [4.69, 9.17) is 5.11 Å². The number of halogens is 3. The summed E-state index contributed by atoms with van der Waals surface area (Å²) >= 11 is 0. The van der Waals surface area contributed by atoms with Gasteiger partial charge in [0, 0.05) is 6.42 Å². The Labute approximate surface area is 108 Å². The Morgan fingerprint density at radius 2 is 1.79 bits per heavy atom. The number of carboxylic acids is 1. The highest BCUT2D eigenvalue weighted by Crippen LogP contribution is 2.34. The molecule has 0 aliphatic carbocycles. The third kappa shape index (κ3) is 4.46. The lowest BCUT2D eigenvalue weighted by atomic mass is 9.94. The maximum atomic E-state index is 12.9. The van der Waals surface area contributed by atoms with Crippen molar-refractivity contribution in [2.75, 3.05) is 0 Å². The molecule has 0 saturated carbocycles. The molecule has 19 heavy (non-hydrogen) atoms. The van der Waals surface area contributed by atoms with Crippen molar-refractivity contribution in [1.29, 1.82) is 0 Å². The largest absolute Gasteiger partial charge is 0.479 e. The second-order valence-electron chi connectivity index (χ2n) is 4.83. The number of rotatable bonds is 4. The molecule has 8 heteroatoms. The van der Waals surface area contributed by atoms with Gasteiger partial charge in [-0.25, -0.2) is 9.59 Å². The number of nitrogens with one attached hydrogen (secondary N) is 1. The first-order valence-electron chi connectivity index (χ1n) is 5.28.